The fourth-order valence-corrected chi connectivity index (χ4v) is 1.63. The van der Waals surface area contributed by atoms with E-state index in [0.717, 1.165) is 5.75 Å². The lowest BCUT2D eigenvalue weighted by Crippen LogP contribution is -2.30. The van der Waals surface area contributed by atoms with Gasteiger partial charge in [-0.15, -0.1) is 0 Å². The maximum atomic E-state index is 5.67. The van der Waals surface area contributed by atoms with E-state index in [1.165, 1.54) is 11.1 Å². The first kappa shape index (κ1) is 13.0. The van der Waals surface area contributed by atoms with Crippen molar-refractivity contribution in [2.45, 2.75) is 26.9 Å². The third-order valence-electron chi connectivity index (χ3n) is 2.30. The van der Waals surface area contributed by atoms with Crippen molar-refractivity contribution in [2.24, 2.45) is 5.73 Å². The molecule has 3 nitrogen and oxygen atoms in total. The zero-order chi connectivity index (χ0) is 12.0. The van der Waals surface area contributed by atoms with E-state index in [1.807, 2.05) is 19.1 Å². The van der Waals surface area contributed by atoms with E-state index in [0.29, 0.717) is 19.8 Å². The van der Waals surface area contributed by atoms with Crippen LogP contribution in [0.15, 0.2) is 18.2 Å². The number of aryl methyl sites for hydroxylation is 2. The van der Waals surface area contributed by atoms with Crippen molar-refractivity contribution in [3.05, 3.63) is 29.3 Å². The predicted octanol–water partition coefficient (Wildman–Crippen LogP) is 2.05. The molecule has 0 saturated carbocycles. The minimum atomic E-state index is -0.0224. The van der Waals surface area contributed by atoms with Gasteiger partial charge < -0.3 is 15.2 Å². The monoisotopic (exact) mass is 223 g/mol. The summed E-state index contributed by atoms with van der Waals surface area (Å²) in [6.07, 6.45) is -0.0224. The summed E-state index contributed by atoms with van der Waals surface area (Å²) in [5, 5.41) is 0. The summed E-state index contributed by atoms with van der Waals surface area (Å²) in [5.41, 5.74) is 7.99. The van der Waals surface area contributed by atoms with Crippen LogP contribution < -0.4 is 10.5 Å². The smallest absolute Gasteiger partial charge is 0.119 e. The molecule has 0 saturated heterocycles. The normalized spacial score (nSPS) is 12.5. The van der Waals surface area contributed by atoms with Crippen LogP contribution in [0.5, 0.6) is 5.75 Å². The lowest BCUT2D eigenvalue weighted by Gasteiger charge is -2.16. The van der Waals surface area contributed by atoms with Crippen LogP contribution in [-0.2, 0) is 4.74 Å². The number of ether oxygens (including phenoxy) is 2. The highest BCUT2D eigenvalue weighted by atomic mass is 16.5. The van der Waals surface area contributed by atoms with E-state index in [9.17, 15) is 0 Å². The predicted molar refractivity (Wildman–Crippen MR) is 65.9 cm³/mol. The number of hydrogen-bond donors (Lipinski definition) is 1. The molecule has 0 aliphatic heterocycles. The Morgan fingerprint density at radius 3 is 2.31 bits per heavy atom. The fraction of sp³-hybridized carbons (Fsp3) is 0.538. The Bertz CT molecular complexity index is 305. The van der Waals surface area contributed by atoms with Crippen molar-refractivity contribution in [1.82, 2.24) is 0 Å². The van der Waals surface area contributed by atoms with Gasteiger partial charge in [-0.25, -0.2) is 0 Å². The highest BCUT2D eigenvalue weighted by molar-refractivity contribution is 5.32. The Labute approximate surface area is 97.6 Å². The van der Waals surface area contributed by atoms with Crippen LogP contribution in [0.1, 0.15) is 18.1 Å². The van der Waals surface area contributed by atoms with Gasteiger partial charge in [0, 0.05) is 13.2 Å². The van der Waals surface area contributed by atoms with Crippen molar-refractivity contribution in [3.8, 4) is 5.75 Å². The SMILES string of the molecule is CCOC(CN)COc1cc(C)cc(C)c1. The van der Waals surface area contributed by atoms with Crippen LogP contribution in [0.25, 0.3) is 0 Å². The first-order valence-corrected chi connectivity index (χ1v) is 5.68. The van der Waals surface area contributed by atoms with Crippen LogP contribution in [-0.4, -0.2) is 25.9 Å². The summed E-state index contributed by atoms with van der Waals surface area (Å²) in [6, 6.07) is 6.16. The van der Waals surface area contributed by atoms with Crippen LogP contribution in [0.2, 0.25) is 0 Å². The Balaban J connectivity index is 2.52. The van der Waals surface area contributed by atoms with Crippen molar-refractivity contribution in [3.63, 3.8) is 0 Å². The number of rotatable bonds is 6. The van der Waals surface area contributed by atoms with Crippen LogP contribution in [0, 0.1) is 13.8 Å². The third kappa shape index (κ3) is 4.21. The Morgan fingerprint density at radius 2 is 1.81 bits per heavy atom. The van der Waals surface area contributed by atoms with E-state index < -0.39 is 0 Å². The van der Waals surface area contributed by atoms with Gasteiger partial charge in [0.05, 0.1) is 0 Å². The lowest BCUT2D eigenvalue weighted by atomic mass is 10.1. The minimum Gasteiger partial charge on any atom is -0.491 e. The van der Waals surface area contributed by atoms with E-state index in [2.05, 4.69) is 19.9 Å². The summed E-state index contributed by atoms with van der Waals surface area (Å²) < 4.78 is 11.1. The van der Waals surface area contributed by atoms with E-state index in [4.69, 9.17) is 15.2 Å². The largest absolute Gasteiger partial charge is 0.491 e. The third-order valence-corrected chi connectivity index (χ3v) is 2.30. The summed E-state index contributed by atoms with van der Waals surface area (Å²) in [5.74, 6) is 0.885. The zero-order valence-electron chi connectivity index (χ0n) is 10.3. The maximum absolute atomic E-state index is 5.67. The first-order valence-electron chi connectivity index (χ1n) is 5.68. The van der Waals surface area contributed by atoms with Gasteiger partial charge in [-0.2, -0.15) is 0 Å². The molecule has 1 aromatic carbocycles. The van der Waals surface area contributed by atoms with Crippen molar-refractivity contribution < 1.29 is 9.47 Å². The summed E-state index contributed by atoms with van der Waals surface area (Å²) in [4.78, 5) is 0. The summed E-state index contributed by atoms with van der Waals surface area (Å²) in [6.45, 7) is 7.73. The van der Waals surface area contributed by atoms with E-state index >= 15 is 0 Å². The molecule has 0 aliphatic carbocycles. The van der Waals surface area contributed by atoms with Gasteiger partial charge >= 0.3 is 0 Å². The molecular formula is C13H21NO2. The molecule has 0 aliphatic rings. The van der Waals surface area contributed by atoms with Crippen molar-refractivity contribution in [2.75, 3.05) is 19.8 Å². The molecule has 90 valence electrons. The molecule has 1 aromatic rings. The van der Waals surface area contributed by atoms with Crippen LogP contribution in [0.3, 0.4) is 0 Å². The van der Waals surface area contributed by atoms with Crippen molar-refractivity contribution in [1.29, 1.82) is 0 Å². The maximum Gasteiger partial charge on any atom is 0.119 e. The Morgan fingerprint density at radius 1 is 1.19 bits per heavy atom. The number of nitrogens with two attached hydrogens (primary N) is 1. The molecule has 0 aromatic heterocycles. The first-order chi connectivity index (χ1) is 7.65. The van der Waals surface area contributed by atoms with Crippen molar-refractivity contribution >= 4 is 0 Å². The zero-order valence-corrected chi connectivity index (χ0v) is 10.3. The molecule has 0 bridgehead atoms. The molecule has 1 atom stereocenters. The van der Waals surface area contributed by atoms with Gasteiger partial charge in [-0.05, 0) is 44.0 Å². The molecular weight excluding hydrogens is 202 g/mol. The average Bonchev–Trinajstić information content (AvgIpc) is 2.23. The molecule has 2 N–H and O–H groups in total. The molecule has 0 heterocycles. The van der Waals surface area contributed by atoms with E-state index in [-0.39, 0.29) is 6.10 Å². The van der Waals surface area contributed by atoms with Gasteiger partial charge in [-0.1, -0.05) is 6.07 Å². The second kappa shape index (κ2) is 6.51. The average molecular weight is 223 g/mol. The fourth-order valence-electron chi connectivity index (χ4n) is 1.63. The lowest BCUT2D eigenvalue weighted by molar-refractivity contribution is 0.0336. The Hall–Kier alpha value is -1.06. The molecule has 0 radical (unpaired) electrons. The topological polar surface area (TPSA) is 44.5 Å². The quantitative estimate of drug-likeness (QED) is 0.802. The number of benzene rings is 1. The Kier molecular flexibility index (Phi) is 5.29. The minimum absolute atomic E-state index is 0.0224. The molecule has 3 heteroatoms. The van der Waals surface area contributed by atoms with Gasteiger partial charge in [0.25, 0.3) is 0 Å². The van der Waals surface area contributed by atoms with Gasteiger partial charge in [0.1, 0.15) is 18.5 Å². The summed E-state index contributed by atoms with van der Waals surface area (Å²) in [7, 11) is 0. The highest BCUT2D eigenvalue weighted by Gasteiger charge is 2.07. The molecule has 1 unspecified atom stereocenters. The van der Waals surface area contributed by atoms with Gasteiger partial charge in [0.2, 0.25) is 0 Å². The standard InChI is InChI=1S/C13H21NO2/c1-4-15-13(8-14)9-16-12-6-10(2)5-11(3)7-12/h5-7,13H,4,8-9,14H2,1-3H3. The van der Waals surface area contributed by atoms with Gasteiger partial charge in [-0.3, -0.25) is 0 Å². The van der Waals surface area contributed by atoms with Crippen LogP contribution >= 0.6 is 0 Å². The molecule has 16 heavy (non-hydrogen) atoms. The van der Waals surface area contributed by atoms with Gasteiger partial charge in [0.15, 0.2) is 0 Å². The molecule has 0 amide bonds. The second-order valence-corrected chi connectivity index (χ2v) is 3.95. The summed E-state index contributed by atoms with van der Waals surface area (Å²) >= 11 is 0. The van der Waals surface area contributed by atoms with Crippen LogP contribution in [0.4, 0.5) is 0 Å². The molecule has 0 spiro atoms. The number of hydrogen-bond acceptors (Lipinski definition) is 3. The molecule has 0 fully saturated rings. The van der Waals surface area contributed by atoms with E-state index in [1.54, 1.807) is 0 Å². The second-order valence-electron chi connectivity index (χ2n) is 3.95. The molecule has 1 rings (SSSR count). The highest BCUT2D eigenvalue weighted by Crippen LogP contribution is 2.16.